The van der Waals surface area contributed by atoms with Crippen LogP contribution in [0.15, 0.2) is 29.6 Å². The summed E-state index contributed by atoms with van der Waals surface area (Å²) >= 11 is 1.72. The van der Waals surface area contributed by atoms with Gasteiger partial charge in [-0.15, -0.1) is 23.7 Å². The van der Waals surface area contributed by atoms with E-state index in [1.807, 2.05) is 12.1 Å². The van der Waals surface area contributed by atoms with Gasteiger partial charge in [-0.3, -0.25) is 4.79 Å². The van der Waals surface area contributed by atoms with Crippen LogP contribution in [0, 0.1) is 5.92 Å². The van der Waals surface area contributed by atoms with Gasteiger partial charge in [-0.1, -0.05) is 18.2 Å². The van der Waals surface area contributed by atoms with Gasteiger partial charge < -0.3 is 15.8 Å². The first-order valence-corrected chi connectivity index (χ1v) is 9.17. The minimum absolute atomic E-state index is 0. The van der Waals surface area contributed by atoms with Gasteiger partial charge in [-0.25, -0.2) is 0 Å². The van der Waals surface area contributed by atoms with E-state index in [-0.39, 0.29) is 24.4 Å². The molecule has 0 aliphatic carbocycles. The topological polar surface area (TPSA) is 64.4 Å². The quantitative estimate of drug-likeness (QED) is 0.789. The van der Waals surface area contributed by atoms with Gasteiger partial charge in [0.05, 0.1) is 6.04 Å². The molecule has 4 nitrogen and oxygen atoms in total. The lowest BCUT2D eigenvalue weighted by atomic mass is 9.96. The molecule has 1 saturated heterocycles. The Labute approximate surface area is 153 Å². The summed E-state index contributed by atoms with van der Waals surface area (Å²) in [4.78, 5) is 11.8. The monoisotopic (exact) mass is 368 g/mol. The molecule has 2 heterocycles. The zero-order chi connectivity index (χ0) is 16.1. The summed E-state index contributed by atoms with van der Waals surface area (Å²) in [6.45, 7) is 2.57. The maximum atomic E-state index is 11.8. The van der Waals surface area contributed by atoms with Crippen molar-refractivity contribution in [3.05, 3.63) is 35.2 Å². The first kappa shape index (κ1) is 19.2. The highest BCUT2D eigenvalue weighted by Gasteiger charge is 2.19. The Morgan fingerprint density at radius 3 is 2.83 bits per heavy atom. The number of halogens is 1. The molecule has 0 saturated carbocycles. The van der Waals surface area contributed by atoms with E-state index in [1.54, 1.807) is 11.3 Å². The standard InChI is InChI=1S/C18H24N2O2S.ClH/c19-18(21)16(20-8-5-13-6-9-22-10-7-13)11-14-12-23-17-4-2-1-3-15(14)17;/h1-4,12-13,16,20H,5-11H2,(H2,19,21);1H/t16-;/m0./s1. The molecule has 2 aromatic rings. The van der Waals surface area contributed by atoms with E-state index in [0.29, 0.717) is 12.3 Å². The summed E-state index contributed by atoms with van der Waals surface area (Å²) in [5.74, 6) is 0.430. The average Bonchev–Trinajstić information content (AvgIpc) is 2.98. The van der Waals surface area contributed by atoms with E-state index in [4.69, 9.17) is 10.5 Å². The molecule has 0 unspecified atom stereocenters. The molecule has 0 bridgehead atoms. The highest BCUT2D eigenvalue weighted by Crippen LogP contribution is 2.26. The second-order valence-corrected chi connectivity index (χ2v) is 7.13. The smallest absolute Gasteiger partial charge is 0.234 e. The number of thiophene rings is 1. The largest absolute Gasteiger partial charge is 0.381 e. The molecule has 132 valence electrons. The van der Waals surface area contributed by atoms with Crippen LogP contribution in [0.5, 0.6) is 0 Å². The molecule has 0 spiro atoms. The second kappa shape index (κ2) is 9.37. The van der Waals surface area contributed by atoms with Crippen molar-refractivity contribution < 1.29 is 9.53 Å². The Bertz CT molecular complexity index is 655. The number of carbonyl (C=O) groups excluding carboxylic acids is 1. The fourth-order valence-corrected chi connectivity index (χ4v) is 4.16. The van der Waals surface area contributed by atoms with Crippen LogP contribution in [-0.2, 0) is 16.0 Å². The van der Waals surface area contributed by atoms with Crippen molar-refractivity contribution in [2.45, 2.75) is 31.7 Å². The molecule has 6 heteroatoms. The van der Waals surface area contributed by atoms with Gasteiger partial charge in [0, 0.05) is 17.9 Å². The molecule has 3 rings (SSSR count). The molecular formula is C18H25ClN2O2S. The van der Waals surface area contributed by atoms with Gasteiger partial charge in [0.1, 0.15) is 0 Å². The Morgan fingerprint density at radius 1 is 1.33 bits per heavy atom. The van der Waals surface area contributed by atoms with Crippen molar-refractivity contribution in [3.63, 3.8) is 0 Å². The molecule has 1 aliphatic rings. The van der Waals surface area contributed by atoms with E-state index < -0.39 is 0 Å². The molecule has 1 aromatic heterocycles. The maximum absolute atomic E-state index is 11.8. The fraction of sp³-hybridized carbons (Fsp3) is 0.500. The van der Waals surface area contributed by atoms with Crippen LogP contribution in [0.2, 0.25) is 0 Å². The molecular weight excluding hydrogens is 344 g/mol. The number of benzene rings is 1. The summed E-state index contributed by atoms with van der Waals surface area (Å²) in [6, 6.07) is 8.01. The number of carbonyl (C=O) groups is 1. The molecule has 1 aliphatic heterocycles. The zero-order valence-electron chi connectivity index (χ0n) is 13.7. The van der Waals surface area contributed by atoms with Crippen molar-refractivity contribution in [1.29, 1.82) is 0 Å². The van der Waals surface area contributed by atoms with Crippen LogP contribution < -0.4 is 11.1 Å². The van der Waals surface area contributed by atoms with E-state index >= 15 is 0 Å². The Morgan fingerprint density at radius 2 is 2.08 bits per heavy atom. The van der Waals surface area contributed by atoms with Crippen LogP contribution in [-0.4, -0.2) is 31.7 Å². The van der Waals surface area contributed by atoms with Crippen LogP contribution in [0.25, 0.3) is 10.1 Å². The summed E-state index contributed by atoms with van der Waals surface area (Å²) in [6.07, 6.45) is 3.99. The number of fused-ring (bicyclic) bond motifs is 1. The molecule has 24 heavy (non-hydrogen) atoms. The molecule has 1 amide bonds. The average molecular weight is 369 g/mol. The normalized spacial score (nSPS) is 16.7. The van der Waals surface area contributed by atoms with Gasteiger partial charge in [0.25, 0.3) is 0 Å². The summed E-state index contributed by atoms with van der Waals surface area (Å²) < 4.78 is 6.64. The number of amides is 1. The van der Waals surface area contributed by atoms with Crippen LogP contribution in [0.4, 0.5) is 0 Å². The summed E-state index contributed by atoms with van der Waals surface area (Å²) in [7, 11) is 0. The number of nitrogens with one attached hydrogen (secondary N) is 1. The number of ether oxygens (including phenoxy) is 1. The molecule has 1 aromatic carbocycles. The molecule has 1 fully saturated rings. The number of rotatable bonds is 7. The minimum atomic E-state index is -0.298. The molecule has 0 radical (unpaired) electrons. The number of nitrogens with two attached hydrogens (primary N) is 1. The fourth-order valence-electron chi connectivity index (χ4n) is 3.18. The molecule has 1 atom stereocenters. The highest BCUT2D eigenvalue weighted by molar-refractivity contribution is 7.17. The maximum Gasteiger partial charge on any atom is 0.234 e. The van der Waals surface area contributed by atoms with E-state index in [2.05, 4.69) is 22.8 Å². The van der Waals surface area contributed by atoms with Gasteiger partial charge in [0.15, 0.2) is 0 Å². The van der Waals surface area contributed by atoms with Gasteiger partial charge in [-0.2, -0.15) is 0 Å². The Balaban J connectivity index is 0.00000208. The predicted molar refractivity (Wildman–Crippen MR) is 102 cm³/mol. The Kier molecular flexibility index (Phi) is 7.49. The summed E-state index contributed by atoms with van der Waals surface area (Å²) in [5, 5.41) is 6.73. The zero-order valence-corrected chi connectivity index (χ0v) is 15.3. The van der Waals surface area contributed by atoms with E-state index in [9.17, 15) is 4.79 Å². The van der Waals surface area contributed by atoms with Crippen molar-refractivity contribution in [1.82, 2.24) is 5.32 Å². The first-order valence-electron chi connectivity index (χ1n) is 8.29. The lowest BCUT2D eigenvalue weighted by Gasteiger charge is -2.23. The van der Waals surface area contributed by atoms with Crippen molar-refractivity contribution in [3.8, 4) is 0 Å². The number of hydrogen-bond donors (Lipinski definition) is 2. The van der Waals surface area contributed by atoms with Gasteiger partial charge in [0.2, 0.25) is 5.91 Å². The Hall–Kier alpha value is -1.14. The van der Waals surface area contributed by atoms with Crippen LogP contribution in [0.3, 0.4) is 0 Å². The van der Waals surface area contributed by atoms with Gasteiger partial charge in [-0.05, 0) is 60.5 Å². The van der Waals surface area contributed by atoms with Crippen molar-refractivity contribution in [2.75, 3.05) is 19.8 Å². The van der Waals surface area contributed by atoms with Crippen LogP contribution in [0.1, 0.15) is 24.8 Å². The van der Waals surface area contributed by atoms with E-state index in [0.717, 1.165) is 39.0 Å². The van der Waals surface area contributed by atoms with E-state index in [1.165, 1.54) is 15.6 Å². The predicted octanol–water partition coefficient (Wildman–Crippen LogP) is 3.13. The number of primary amides is 1. The minimum Gasteiger partial charge on any atom is -0.381 e. The van der Waals surface area contributed by atoms with Gasteiger partial charge >= 0.3 is 0 Å². The lowest BCUT2D eigenvalue weighted by Crippen LogP contribution is -2.43. The lowest BCUT2D eigenvalue weighted by molar-refractivity contribution is -0.120. The third-order valence-corrected chi connectivity index (χ3v) is 5.63. The van der Waals surface area contributed by atoms with Crippen molar-refractivity contribution in [2.24, 2.45) is 11.7 Å². The third kappa shape index (κ3) is 4.93. The van der Waals surface area contributed by atoms with Crippen LogP contribution >= 0.6 is 23.7 Å². The third-order valence-electron chi connectivity index (χ3n) is 4.61. The SMILES string of the molecule is Cl.NC(=O)[C@H](Cc1csc2ccccc12)NCCC1CCOCC1. The summed E-state index contributed by atoms with van der Waals surface area (Å²) in [5.41, 5.74) is 6.80. The number of hydrogen-bond acceptors (Lipinski definition) is 4. The molecule has 3 N–H and O–H groups in total. The first-order chi connectivity index (χ1) is 11.2. The second-order valence-electron chi connectivity index (χ2n) is 6.21. The highest BCUT2D eigenvalue weighted by atomic mass is 35.5. The van der Waals surface area contributed by atoms with Crippen molar-refractivity contribution >= 4 is 39.7 Å².